The highest BCUT2D eigenvalue weighted by molar-refractivity contribution is 6.31. The fourth-order valence-corrected chi connectivity index (χ4v) is 3.18. The Morgan fingerprint density at radius 1 is 1.29 bits per heavy atom. The van der Waals surface area contributed by atoms with Gasteiger partial charge in [-0.25, -0.2) is 0 Å². The number of aliphatic carboxylic acids is 1. The third-order valence-electron chi connectivity index (χ3n) is 4.16. The Kier molecular flexibility index (Phi) is 2.25. The minimum Gasteiger partial charge on any atom is -0.481 e. The van der Waals surface area contributed by atoms with E-state index >= 15 is 0 Å². The molecular weight excluding hydrogens is 240 g/mol. The number of hydrogen-bond donors (Lipinski definition) is 1. The van der Waals surface area contributed by atoms with Gasteiger partial charge in [-0.1, -0.05) is 29.8 Å². The fourth-order valence-electron chi connectivity index (χ4n) is 2.87. The quantitative estimate of drug-likeness (QED) is 0.899. The molecule has 1 aromatic carbocycles. The van der Waals surface area contributed by atoms with Crippen LogP contribution in [-0.2, 0) is 14.9 Å². The molecule has 0 radical (unpaired) electrons. The Balaban J connectivity index is 2.10. The van der Waals surface area contributed by atoms with Crippen LogP contribution >= 0.6 is 11.6 Å². The highest BCUT2D eigenvalue weighted by Crippen LogP contribution is 2.63. The van der Waals surface area contributed by atoms with Crippen molar-refractivity contribution in [2.45, 2.75) is 18.3 Å². The summed E-state index contributed by atoms with van der Waals surface area (Å²) in [6.45, 7) is 0.923. The molecule has 0 bridgehead atoms. The van der Waals surface area contributed by atoms with E-state index in [1.54, 1.807) is 0 Å². The summed E-state index contributed by atoms with van der Waals surface area (Å²) in [5.41, 5.74) is -0.152. The predicted molar refractivity (Wildman–Crippen MR) is 63.3 cm³/mol. The average molecular weight is 253 g/mol. The molecular formula is C13H13ClO3. The van der Waals surface area contributed by atoms with Crippen LogP contribution in [0.1, 0.15) is 18.4 Å². The SMILES string of the molecule is O=C(O)C1(C2(c3ccccc3Cl)COC2)CC1. The number of carboxylic acid groups (broad SMARTS) is 1. The zero-order valence-corrected chi connectivity index (χ0v) is 10.0. The lowest BCUT2D eigenvalue weighted by Gasteiger charge is -2.47. The first-order valence-corrected chi connectivity index (χ1v) is 6.06. The summed E-state index contributed by atoms with van der Waals surface area (Å²) in [4.78, 5) is 11.5. The molecule has 4 heteroatoms. The second-order valence-electron chi connectivity index (χ2n) is 4.94. The van der Waals surface area contributed by atoms with Crippen LogP contribution in [0.25, 0.3) is 0 Å². The van der Waals surface area contributed by atoms with E-state index in [0.717, 1.165) is 18.4 Å². The molecule has 1 N–H and O–H groups in total. The van der Waals surface area contributed by atoms with Gasteiger partial charge in [0.25, 0.3) is 0 Å². The number of rotatable bonds is 3. The summed E-state index contributed by atoms with van der Waals surface area (Å²) < 4.78 is 5.30. The lowest BCUT2D eigenvalue weighted by atomic mass is 9.66. The maximum Gasteiger partial charge on any atom is 0.310 e. The van der Waals surface area contributed by atoms with Crippen molar-refractivity contribution in [3.8, 4) is 0 Å². The van der Waals surface area contributed by atoms with Crippen LogP contribution in [-0.4, -0.2) is 24.3 Å². The van der Waals surface area contributed by atoms with Crippen molar-refractivity contribution in [2.24, 2.45) is 5.41 Å². The second kappa shape index (κ2) is 3.47. The molecule has 1 aromatic rings. The molecule has 3 nitrogen and oxygen atoms in total. The van der Waals surface area contributed by atoms with Crippen LogP contribution in [0, 0.1) is 5.41 Å². The van der Waals surface area contributed by atoms with E-state index in [1.165, 1.54) is 0 Å². The van der Waals surface area contributed by atoms with Crippen molar-refractivity contribution in [3.63, 3.8) is 0 Å². The van der Waals surface area contributed by atoms with Crippen LogP contribution in [0.4, 0.5) is 0 Å². The zero-order chi connectivity index (χ0) is 12.1. The minimum atomic E-state index is -0.722. The normalized spacial score (nSPS) is 23.8. The van der Waals surface area contributed by atoms with Gasteiger partial charge in [-0.15, -0.1) is 0 Å². The molecule has 1 saturated heterocycles. The van der Waals surface area contributed by atoms with Crippen molar-refractivity contribution in [1.29, 1.82) is 0 Å². The Morgan fingerprint density at radius 3 is 2.35 bits per heavy atom. The Labute approximate surface area is 104 Å². The van der Waals surface area contributed by atoms with E-state index in [2.05, 4.69) is 0 Å². The van der Waals surface area contributed by atoms with Crippen LogP contribution in [0.2, 0.25) is 5.02 Å². The van der Waals surface area contributed by atoms with Crippen molar-refractivity contribution in [2.75, 3.05) is 13.2 Å². The van der Waals surface area contributed by atoms with Gasteiger partial charge in [0, 0.05) is 5.02 Å². The Bertz CT molecular complexity index is 475. The first kappa shape index (κ1) is 11.1. The summed E-state index contributed by atoms with van der Waals surface area (Å²) in [6, 6.07) is 7.50. The average Bonchev–Trinajstić information content (AvgIpc) is 3.01. The first-order valence-electron chi connectivity index (χ1n) is 5.69. The van der Waals surface area contributed by atoms with E-state index < -0.39 is 16.8 Å². The maximum atomic E-state index is 11.5. The van der Waals surface area contributed by atoms with E-state index in [9.17, 15) is 9.90 Å². The molecule has 0 atom stereocenters. The van der Waals surface area contributed by atoms with Gasteiger partial charge < -0.3 is 9.84 Å². The standard InChI is InChI=1S/C13H13ClO3/c14-10-4-2-1-3-9(10)13(7-17-8-13)12(5-6-12)11(15)16/h1-4H,5-8H2,(H,15,16). The van der Waals surface area contributed by atoms with E-state index in [-0.39, 0.29) is 0 Å². The van der Waals surface area contributed by atoms with Gasteiger partial charge in [0.15, 0.2) is 0 Å². The zero-order valence-electron chi connectivity index (χ0n) is 9.28. The number of ether oxygens (including phenoxy) is 1. The number of halogens is 1. The summed E-state index contributed by atoms with van der Waals surface area (Å²) in [6.07, 6.45) is 1.44. The Hall–Kier alpha value is -1.06. The van der Waals surface area contributed by atoms with Crippen molar-refractivity contribution < 1.29 is 14.6 Å². The molecule has 90 valence electrons. The van der Waals surface area contributed by atoms with Gasteiger partial charge in [0.05, 0.1) is 24.0 Å². The fraction of sp³-hybridized carbons (Fsp3) is 0.462. The third-order valence-corrected chi connectivity index (χ3v) is 4.49. The molecule has 3 rings (SSSR count). The first-order chi connectivity index (χ1) is 8.12. The summed E-state index contributed by atoms with van der Waals surface area (Å²) in [5.74, 6) is -0.722. The van der Waals surface area contributed by atoms with Gasteiger partial charge in [0.2, 0.25) is 0 Å². The number of benzene rings is 1. The van der Waals surface area contributed by atoms with Gasteiger partial charge in [-0.2, -0.15) is 0 Å². The van der Waals surface area contributed by atoms with Crippen LogP contribution in [0.3, 0.4) is 0 Å². The lowest BCUT2D eigenvalue weighted by Crippen LogP contribution is -2.56. The maximum absolute atomic E-state index is 11.5. The molecule has 0 spiro atoms. The lowest BCUT2D eigenvalue weighted by molar-refractivity contribution is -0.161. The van der Waals surface area contributed by atoms with E-state index in [1.807, 2.05) is 24.3 Å². The summed E-state index contributed by atoms with van der Waals surface area (Å²) >= 11 is 6.21. The molecule has 0 aromatic heterocycles. The third kappa shape index (κ3) is 1.30. The molecule has 2 aliphatic rings. The molecule has 1 aliphatic carbocycles. The smallest absolute Gasteiger partial charge is 0.310 e. The molecule has 1 aliphatic heterocycles. The van der Waals surface area contributed by atoms with Crippen LogP contribution < -0.4 is 0 Å². The van der Waals surface area contributed by atoms with Crippen molar-refractivity contribution in [1.82, 2.24) is 0 Å². The predicted octanol–water partition coefficient (Wildman–Crippen LogP) is 2.47. The molecule has 1 heterocycles. The number of carbonyl (C=O) groups is 1. The topological polar surface area (TPSA) is 46.5 Å². The summed E-state index contributed by atoms with van der Waals surface area (Å²) in [7, 11) is 0. The molecule has 1 saturated carbocycles. The largest absolute Gasteiger partial charge is 0.481 e. The second-order valence-corrected chi connectivity index (χ2v) is 5.35. The monoisotopic (exact) mass is 252 g/mol. The number of carboxylic acids is 1. The highest BCUT2D eigenvalue weighted by atomic mass is 35.5. The van der Waals surface area contributed by atoms with Crippen LogP contribution in [0.5, 0.6) is 0 Å². The van der Waals surface area contributed by atoms with Gasteiger partial charge in [-0.3, -0.25) is 4.79 Å². The molecule has 0 unspecified atom stereocenters. The van der Waals surface area contributed by atoms with Gasteiger partial charge in [-0.05, 0) is 24.5 Å². The van der Waals surface area contributed by atoms with E-state index in [4.69, 9.17) is 16.3 Å². The molecule has 2 fully saturated rings. The van der Waals surface area contributed by atoms with Gasteiger partial charge >= 0.3 is 5.97 Å². The van der Waals surface area contributed by atoms with Crippen molar-refractivity contribution in [3.05, 3.63) is 34.9 Å². The van der Waals surface area contributed by atoms with Crippen molar-refractivity contribution >= 4 is 17.6 Å². The van der Waals surface area contributed by atoms with E-state index in [0.29, 0.717) is 18.2 Å². The van der Waals surface area contributed by atoms with Crippen LogP contribution in [0.15, 0.2) is 24.3 Å². The summed E-state index contributed by atoms with van der Waals surface area (Å²) in [5, 5.41) is 10.1. The van der Waals surface area contributed by atoms with Gasteiger partial charge in [0.1, 0.15) is 0 Å². The minimum absolute atomic E-state index is 0.419. The molecule has 17 heavy (non-hydrogen) atoms. The Morgan fingerprint density at radius 2 is 1.94 bits per heavy atom. The highest BCUT2D eigenvalue weighted by Gasteiger charge is 2.68. The number of hydrogen-bond acceptors (Lipinski definition) is 2. The molecule has 0 amide bonds.